The Hall–Kier alpha value is -2.12. The summed E-state index contributed by atoms with van der Waals surface area (Å²) in [5.74, 6) is -1.37. The first-order valence-corrected chi connectivity index (χ1v) is 7.58. The average molecular weight is 376 g/mol. The van der Waals surface area contributed by atoms with Gasteiger partial charge in [0.1, 0.15) is 12.4 Å². The molecule has 0 spiro atoms. The van der Waals surface area contributed by atoms with E-state index in [1.165, 1.54) is 12.1 Å². The number of nitrogens with one attached hydrogen (secondary N) is 1. The van der Waals surface area contributed by atoms with Crippen molar-refractivity contribution in [1.82, 2.24) is 5.32 Å². The molecule has 0 unspecified atom stereocenters. The maximum atomic E-state index is 13.6. The Morgan fingerprint density at radius 1 is 1.08 bits per heavy atom. The number of halogens is 5. The Morgan fingerprint density at radius 2 is 1.72 bits per heavy atom. The van der Waals surface area contributed by atoms with Gasteiger partial charge in [-0.05, 0) is 23.3 Å². The molecule has 0 heterocycles. The number of hydrogen-bond acceptors (Lipinski definition) is 2. The van der Waals surface area contributed by atoms with Crippen molar-refractivity contribution in [2.75, 3.05) is 6.61 Å². The second-order valence-electron chi connectivity index (χ2n) is 5.20. The number of hydrogen-bond donors (Lipinski definition) is 1. The van der Waals surface area contributed by atoms with Crippen LogP contribution < -0.4 is 5.32 Å². The fourth-order valence-electron chi connectivity index (χ4n) is 2.02. The minimum Gasteiger partial charge on any atom is -0.367 e. The second-order valence-corrected chi connectivity index (χ2v) is 5.61. The lowest BCUT2D eigenvalue weighted by Crippen LogP contribution is -2.24. The molecule has 8 heteroatoms. The van der Waals surface area contributed by atoms with Crippen LogP contribution in [0.1, 0.15) is 21.5 Å². The Balaban J connectivity index is 1.88. The summed E-state index contributed by atoms with van der Waals surface area (Å²) in [6, 6.07) is 10.4. The zero-order valence-electron chi connectivity index (χ0n) is 12.9. The van der Waals surface area contributed by atoms with Crippen LogP contribution in [0.2, 0.25) is 5.02 Å². The van der Waals surface area contributed by atoms with Gasteiger partial charge in [0.05, 0.1) is 17.2 Å². The van der Waals surface area contributed by atoms with Gasteiger partial charge in [0.25, 0.3) is 5.91 Å². The number of amides is 1. The number of ether oxygens (including phenoxy) is 1. The topological polar surface area (TPSA) is 38.3 Å². The molecule has 0 atom stereocenters. The SMILES string of the molecule is O=C(NCc1ccc(COCC(F)(F)F)cc1)c1c(F)cccc1Cl. The molecule has 0 aliphatic carbocycles. The van der Waals surface area contributed by atoms with Crippen molar-refractivity contribution in [1.29, 1.82) is 0 Å². The van der Waals surface area contributed by atoms with Crippen LogP contribution in [-0.2, 0) is 17.9 Å². The van der Waals surface area contributed by atoms with Gasteiger partial charge in [-0.15, -0.1) is 0 Å². The van der Waals surface area contributed by atoms with Crippen LogP contribution in [0.4, 0.5) is 17.6 Å². The highest BCUT2D eigenvalue weighted by Crippen LogP contribution is 2.19. The highest BCUT2D eigenvalue weighted by Gasteiger charge is 2.27. The highest BCUT2D eigenvalue weighted by atomic mass is 35.5. The molecular weight excluding hydrogens is 362 g/mol. The first kappa shape index (κ1) is 19.2. The average Bonchev–Trinajstić information content (AvgIpc) is 2.53. The normalized spacial score (nSPS) is 11.4. The number of benzene rings is 2. The molecule has 2 rings (SSSR count). The number of carbonyl (C=O) groups is 1. The highest BCUT2D eigenvalue weighted by molar-refractivity contribution is 6.33. The van der Waals surface area contributed by atoms with Crippen LogP contribution in [0.3, 0.4) is 0 Å². The quantitative estimate of drug-likeness (QED) is 0.756. The van der Waals surface area contributed by atoms with E-state index in [9.17, 15) is 22.4 Å². The molecule has 0 saturated carbocycles. The smallest absolute Gasteiger partial charge is 0.367 e. The van der Waals surface area contributed by atoms with Gasteiger partial charge in [0.15, 0.2) is 0 Å². The van der Waals surface area contributed by atoms with Gasteiger partial charge < -0.3 is 10.1 Å². The summed E-state index contributed by atoms with van der Waals surface area (Å²) in [7, 11) is 0. The molecule has 3 nitrogen and oxygen atoms in total. The molecule has 0 bridgehead atoms. The number of rotatable bonds is 6. The molecule has 0 aromatic heterocycles. The summed E-state index contributed by atoms with van der Waals surface area (Å²) in [5, 5.41) is 2.54. The van der Waals surface area contributed by atoms with E-state index in [0.29, 0.717) is 11.1 Å². The van der Waals surface area contributed by atoms with Crippen LogP contribution in [0.15, 0.2) is 42.5 Å². The van der Waals surface area contributed by atoms with Crippen molar-refractivity contribution in [3.63, 3.8) is 0 Å². The predicted molar refractivity (Wildman–Crippen MR) is 84.7 cm³/mol. The van der Waals surface area contributed by atoms with E-state index in [0.717, 1.165) is 6.07 Å². The predicted octanol–water partition coefficient (Wildman–Crippen LogP) is 4.49. The first-order valence-electron chi connectivity index (χ1n) is 7.21. The van der Waals surface area contributed by atoms with Crippen molar-refractivity contribution < 1.29 is 27.1 Å². The summed E-state index contributed by atoms with van der Waals surface area (Å²) in [4.78, 5) is 12.0. The Morgan fingerprint density at radius 3 is 2.32 bits per heavy atom. The van der Waals surface area contributed by atoms with Gasteiger partial charge in [0, 0.05) is 6.54 Å². The molecule has 0 aliphatic heterocycles. The van der Waals surface area contributed by atoms with Gasteiger partial charge in [-0.3, -0.25) is 4.79 Å². The summed E-state index contributed by atoms with van der Waals surface area (Å²) < 4.78 is 54.2. The van der Waals surface area contributed by atoms with E-state index in [2.05, 4.69) is 10.1 Å². The van der Waals surface area contributed by atoms with Crippen molar-refractivity contribution in [3.8, 4) is 0 Å². The lowest BCUT2D eigenvalue weighted by atomic mass is 10.1. The van der Waals surface area contributed by atoms with Gasteiger partial charge in [-0.25, -0.2) is 4.39 Å². The van der Waals surface area contributed by atoms with Gasteiger partial charge in [-0.1, -0.05) is 41.9 Å². The maximum Gasteiger partial charge on any atom is 0.411 e. The van der Waals surface area contributed by atoms with E-state index < -0.39 is 24.5 Å². The molecule has 2 aromatic rings. The van der Waals surface area contributed by atoms with Crippen LogP contribution in [0.5, 0.6) is 0 Å². The lowest BCUT2D eigenvalue weighted by molar-refractivity contribution is -0.176. The fourth-order valence-corrected chi connectivity index (χ4v) is 2.27. The molecular formula is C17H14ClF4NO2. The largest absolute Gasteiger partial charge is 0.411 e. The van der Waals surface area contributed by atoms with E-state index in [-0.39, 0.29) is 23.7 Å². The number of carbonyl (C=O) groups excluding carboxylic acids is 1. The van der Waals surface area contributed by atoms with Crippen molar-refractivity contribution in [3.05, 3.63) is 70.0 Å². The van der Waals surface area contributed by atoms with Crippen molar-refractivity contribution in [2.24, 2.45) is 0 Å². The summed E-state index contributed by atoms with van der Waals surface area (Å²) in [6.45, 7) is -1.36. The molecule has 1 amide bonds. The van der Waals surface area contributed by atoms with Crippen LogP contribution in [-0.4, -0.2) is 18.7 Å². The minimum atomic E-state index is -4.36. The van der Waals surface area contributed by atoms with Crippen LogP contribution in [0, 0.1) is 5.82 Å². The third kappa shape index (κ3) is 6.03. The first-order chi connectivity index (χ1) is 11.8. The van der Waals surface area contributed by atoms with Crippen molar-refractivity contribution in [2.45, 2.75) is 19.3 Å². The minimum absolute atomic E-state index is 0.00895. The van der Waals surface area contributed by atoms with Gasteiger partial charge >= 0.3 is 6.18 Å². The molecule has 1 N–H and O–H groups in total. The third-order valence-corrected chi connectivity index (χ3v) is 3.52. The summed E-state index contributed by atoms with van der Waals surface area (Å²) >= 11 is 5.81. The Bertz CT molecular complexity index is 712. The molecule has 0 saturated heterocycles. The van der Waals surface area contributed by atoms with Gasteiger partial charge in [-0.2, -0.15) is 13.2 Å². The molecule has 2 aromatic carbocycles. The van der Waals surface area contributed by atoms with E-state index >= 15 is 0 Å². The van der Waals surface area contributed by atoms with Crippen molar-refractivity contribution >= 4 is 17.5 Å². The molecule has 0 aliphatic rings. The van der Waals surface area contributed by atoms with E-state index in [4.69, 9.17) is 11.6 Å². The summed E-state index contributed by atoms with van der Waals surface area (Å²) in [5.41, 5.74) is 1.03. The van der Waals surface area contributed by atoms with Crippen LogP contribution in [0.25, 0.3) is 0 Å². The second kappa shape index (κ2) is 8.31. The van der Waals surface area contributed by atoms with E-state index in [1.807, 2.05) is 0 Å². The van der Waals surface area contributed by atoms with E-state index in [1.54, 1.807) is 24.3 Å². The fraction of sp³-hybridized carbons (Fsp3) is 0.235. The number of alkyl halides is 3. The Labute approximate surface area is 146 Å². The molecule has 134 valence electrons. The molecule has 0 radical (unpaired) electrons. The summed E-state index contributed by atoms with van der Waals surface area (Å²) in [6.07, 6.45) is -4.36. The zero-order valence-corrected chi connectivity index (χ0v) is 13.6. The monoisotopic (exact) mass is 375 g/mol. The molecule has 25 heavy (non-hydrogen) atoms. The maximum absolute atomic E-state index is 13.6. The van der Waals surface area contributed by atoms with Crippen LogP contribution >= 0.6 is 11.6 Å². The zero-order chi connectivity index (χ0) is 18.4. The third-order valence-electron chi connectivity index (χ3n) is 3.20. The lowest BCUT2D eigenvalue weighted by Gasteiger charge is -2.09. The Kier molecular flexibility index (Phi) is 6.39. The van der Waals surface area contributed by atoms with Gasteiger partial charge in [0.2, 0.25) is 0 Å². The molecule has 0 fully saturated rings. The standard InChI is InChI=1S/C17H14ClF4NO2/c18-13-2-1-3-14(19)15(13)16(24)23-8-11-4-6-12(7-5-11)9-25-10-17(20,21)22/h1-7H,8-10H2,(H,23,24).